The predicted octanol–water partition coefficient (Wildman–Crippen LogP) is 6.47. The first-order valence-corrected chi connectivity index (χ1v) is 16.4. The summed E-state index contributed by atoms with van der Waals surface area (Å²) >= 11 is 0. The topological polar surface area (TPSA) is 97.5 Å². The Kier molecular flexibility index (Phi) is 9.73. The van der Waals surface area contributed by atoms with Crippen LogP contribution in [-0.4, -0.2) is 65.1 Å². The van der Waals surface area contributed by atoms with Gasteiger partial charge < -0.3 is 20.1 Å². The molecule has 0 radical (unpaired) electrons. The maximum Gasteiger partial charge on any atom is 0.338 e. The van der Waals surface area contributed by atoms with E-state index in [9.17, 15) is 9.59 Å². The predicted molar refractivity (Wildman–Crippen MR) is 172 cm³/mol. The zero-order valence-electron chi connectivity index (χ0n) is 28.2. The van der Waals surface area contributed by atoms with E-state index in [0.717, 1.165) is 44.1 Å². The number of rotatable bonds is 6. The van der Waals surface area contributed by atoms with Crippen LogP contribution >= 0.6 is 0 Å². The minimum atomic E-state index is -1.12. The summed E-state index contributed by atoms with van der Waals surface area (Å²) in [6.07, 6.45) is 5.81. The first-order valence-electron chi connectivity index (χ1n) is 16.4. The molecule has 1 saturated carbocycles. The molecular weight excluding hydrogens is 540 g/mol. The van der Waals surface area contributed by atoms with E-state index in [2.05, 4.69) is 53.4 Å². The number of benzene rings is 1. The lowest BCUT2D eigenvalue weighted by Crippen LogP contribution is -2.64. The molecule has 4 atom stereocenters. The largest absolute Gasteiger partial charge is 0.459 e. The van der Waals surface area contributed by atoms with Crippen LogP contribution in [0.4, 0.5) is 0 Å². The highest BCUT2D eigenvalue weighted by Gasteiger charge is 2.57. The van der Waals surface area contributed by atoms with Crippen LogP contribution in [0.15, 0.2) is 29.3 Å². The van der Waals surface area contributed by atoms with Gasteiger partial charge in [-0.1, -0.05) is 53.7 Å². The number of ether oxygens (including phenoxy) is 2. The highest BCUT2D eigenvalue weighted by molar-refractivity contribution is 6.39. The Hall–Kier alpha value is -2.45. The number of nitrogens with two attached hydrogens (primary N) is 1. The van der Waals surface area contributed by atoms with Crippen molar-refractivity contribution in [2.24, 2.45) is 27.5 Å². The number of hydrogen-bond donors (Lipinski definition) is 1. The number of aliphatic imine (C=N–C) groups is 1. The highest BCUT2D eigenvalue weighted by Crippen LogP contribution is 2.49. The smallest absolute Gasteiger partial charge is 0.338 e. The Morgan fingerprint density at radius 2 is 1.77 bits per heavy atom. The van der Waals surface area contributed by atoms with Crippen molar-refractivity contribution in [3.8, 4) is 0 Å². The van der Waals surface area contributed by atoms with Crippen molar-refractivity contribution in [1.29, 1.82) is 0 Å². The summed E-state index contributed by atoms with van der Waals surface area (Å²) in [4.78, 5) is 37.0. The lowest BCUT2D eigenvalue weighted by molar-refractivity contribution is -0.140. The summed E-state index contributed by atoms with van der Waals surface area (Å²) in [7, 11) is 0. The van der Waals surface area contributed by atoms with Crippen molar-refractivity contribution in [1.82, 2.24) is 9.80 Å². The van der Waals surface area contributed by atoms with Crippen LogP contribution in [0.3, 0.4) is 0 Å². The molecule has 1 aromatic rings. The van der Waals surface area contributed by atoms with E-state index < -0.39 is 11.3 Å². The Balaban J connectivity index is 1.82. The number of amidine groups is 1. The molecule has 2 fully saturated rings. The first kappa shape index (κ1) is 33.4. The van der Waals surface area contributed by atoms with Gasteiger partial charge in [0.1, 0.15) is 11.3 Å². The molecule has 1 saturated heterocycles. The number of carbonyl (C=O) groups is 2. The average Bonchev–Trinajstić information content (AvgIpc) is 3.04. The van der Waals surface area contributed by atoms with Crippen molar-refractivity contribution in [2.75, 3.05) is 19.8 Å². The fourth-order valence-electron chi connectivity index (χ4n) is 7.00. The first-order chi connectivity index (χ1) is 20.0. The van der Waals surface area contributed by atoms with Crippen molar-refractivity contribution in [3.63, 3.8) is 0 Å². The number of esters is 1. The quantitative estimate of drug-likeness (QED) is 0.378. The Bertz CT molecular complexity index is 1180. The number of carbonyl (C=O) groups excluding carboxylic acids is 2. The van der Waals surface area contributed by atoms with Gasteiger partial charge >= 0.3 is 5.97 Å². The molecule has 2 aliphatic heterocycles. The maximum absolute atomic E-state index is 14.8. The highest BCUT2D eigenvalue weighted by atomic mass is 16.5. The Morgan fingerprint density at radius 1 is 1.09 bits per heavy atom. The van der Waals surface area contributed by atoms with E-state index in [1.54, 1.807) is 12.1 Å². The van der Waals surface area contributed by atoms with Crippen LogP contribution in [0, 0.1) is 16.7 Å². The van der Waals surface area contributed by atoms with Crippen LogP contribution in [0.2, 0.25) is 0 Å². The van der Waals surface area contributed by atoms with Crippen molar-refractivity contribution in [3.05, 3.63) is 35.4 Å². The van der Waals surface area contributed by atoms with Gasteiger partial charge in [-0.15, -0.1) is 0 Å². The van der Waals surface area contributed by atoms with E-state index in [4.69, 9.17) is 20.2 Å². The second-order valence-electron chi connectivity index (χ2n) is 15.7. The summed E-state index contributed by atoms with van der Waals surface area (Å²) in [6.45, 7) is 21.1. The molecule has 1 aromatic carbocycles. The van der Waals surface area contributed by atoms with Gasteiger partial charge in [0.2, 0.25) is 0 Å². The van der Waals surface area contributed by atoms with Crippen LogP contribution < -0.4 is 5.73 Å². The van der Waals surface area contributed by atoms with E-state index in [-0.39, 0.29) is 34.9 Å². The fraction of sp³-hybridized carbons (Fsp3) is 0.743. The van der Waals surface area contributed by atoms with Gasteiger partial charge in [-0.3, -0.25) is 9.69 Å². The van der Waals surface area contributed by atoms with Gasteiger partial charge in [-0.25, -0.2) is 9.79 Å². The van der Waals surface area contributed by atoms with Gasteiger partial charge in [-0.05, 0) is 100 Å². The van der Waals surface area contributed by atoms with E-state index in [0.29, 0.717) is 43.5 Å². The number of nitrogens with zero attached hydrogens (tertiary/aromatic N) is 3. The lowest BCUT2D eigenvalue weighted by Gasteiger charge is -2.48. The van der Waals surface area contributed by atoms with Crippen molar-refractivity contribution < 1.29 is 19.1 Å². The third kappa shape index (κ3) is 7.28. The molecule has 4 unspecified atom stereocenters. The van der Waals surface area contributed by atoms with Gasteiger partial charge in [0, 0.05) is 6.54 Å². The van der Waals surface area contributed by atoms with Crippen LogP contribution in [0.25, 0.3) is 0 Å². The maximum atomic E-state index is 14.8. The summed E-state index contributed by atoms with van der Waals surface area (Å²) in [5, 5.41) is 0. The van der Waals surface area contributed by atoms with Crippen molar-refractivity contribution >= 4 is 17.7 Å². The minimum Gasteiger partial charge on any atom is -0.459 e. The molecular formula is C35H56N4O4. The SMILES string of the molecule is CC(C)OC(=O)c1ccc(C(N)(CCC(C)(C)C)N2C(=O)C(N3CCOCC3C)=NC23CCCC(C(C)(C)C)CC3)cc1. The molecule has 240 valence electrons. The zero-order valence-corrected chi connectivity index (χ0v) is 28.2. The lowest BCUT2D eigenvalue weighted by atomic mass is 9.76. The normalized spacial score (nSPS) is 26.9. The molecule has 1 aliphatic carbocycles. The van der Waals surface area contributed by atoms with E-state index in [1.807, 2.05) is 30.9 Å². The third-order valence-electron chi connectivity index (χ3n) is 9.63. The second kappa shape index (κ2) is 12.5. The monoisotopic (exact) mass is 596 g/mol. The molecule has 4 rings (SSSR count). The number of morpholine rings is 1. The molecule has 0 aromatic heterocycles. The fourth-order valence-corrected chi connectivity index (χ4v) is 7.00. The molecule has 2 heterocycles. The van der Waals surface area contributed by atoms with Crippen LogP contribution in [0.5, 0.6) is 0 Å². The summed E-state index contributed by atoms with van der Waals surface area (Å²) in [6, 6.07) is 7.42. The standard InChI is InChI=1S/C35H56N4O4/c1-24(2)43-31(41)26-12-14-28(15-13-26)35(36,20-19-32(4,5)6)39-30(40)29(38-21-22-42-23-25(38)3)37-34(39)17-10-11-27(16-18-34)33(7,8)9/h12-15,24-25,27H,10-11,16-23,36H2,1-9H3. The molecule has 8 heteroatoms. The van der Waals surface area contributed by atoms with E-state index >= 15 is 0 Å². The molecule has 1 amide bonds. The zero-order chi connectivity index (χ0) is 31.8. The second-order valence-corrected chi connectivity index (χ2v) is 15.7. The summed E-state index contributed by atoms with van der Waals surface area (Å²) in [5.41, 5.74) is 7.22. The van der Waals surface area contributed by atoms with Crippen LogP contribution in [-0.2, 0) is 19.9 Å². The summed E-state index contributed by atoms with van der Waals surface area (Å²) in [5.74, 6) is 0.602. The molecule has 2 N–H and O–H groups in total. The molecule has 0 bridgehead atoms. The molecule has 1 spiro atoms. The van der Waals surface area contributed by atoms with Crippen molar-refractivity contribution in [2.45, 2.75) is 131 Å². The van der Waals surface area contributed by atoms with E-state index in [1.165, 1.54) is 0 Å². The van der Waals surface area contributed by atoms with Gasteiger partial charge in [0.05, 0.1) is 30.9 Å². The Morgan fingerprint density at radius 3 is 2.35 bits per heavy atom. The summed E-state index contributed by atoms with van der Waals surface area (Å²) < 4.78 is 11.2. The van der Waals surface area contributed by atoms with Gasteiger partial charge in [-0.2, -0.15) is 0 Å². The molecule has 43 heavy (non-hydrogen) atoms. The van der Waals surface area contributed by atoms with Gasteiger partial charge in [0.25, 0.3) is 5.91 Å². The average molecular weight is 597 g/mol. The minimum absolute atomic E-state index is 0.00472. The molecule has 3 aliphatic rings. The van der Waals surface area contributed by atoms with Crippen LogP contribution in [0.1, 0.15) is 123 Å². The van der Waals surface area contributed by atoms with Gasteiger partial charge in [0.15, 0.2) is 5.84 Å². The number of amides is 1. The third-order valence-corrected chi connectivity index (χ3v) is 9.63. The Labute approximate surface area is 259 Å². The number of hydrogen-bond acceptors (Lipinski definition) is 7. The molecule has 8 nitrogen and oxygen atoms in total.